The standard InChI is InChI=1S/C16H14BrNO3S/c1-4-7-21-13-6-5-12(17)8-11(13)9-14-15(19)18(10(2)3)16(20)22-14/h1,5-6,8-10H,7H2,2-3H3/b14-9-. The molecule has 0 radical (unpaired) electrons. The minimum absolute atomic E-state index is 0.135. The van der Waals surface area contributed by atoms with E-state index < -0.39 is 0 Å². The Morgan fingerprint density at radius 3 is 2.77 bits per heavy atom. The van der Waals surface area contributed by atoms with E-state index in [0.29, 0.717) is 16.2 Å². The van der Waals surface area contributed by atoms with Gasteiger partial charge in [0, 0.05) is 16.1 Å². The molecule has 0 bridgehead atoms. The molecule has 0 spiro atoms. The summed E-state index contributed by atoms with van der Waals surface area (Å²) < 4.78 is 6.31. The first-order chi connectivity index (χ1) is 10.4. The fourth-order valence-corrected chi connectivity index (χ4v) is 3.28. The van der Waals surface area contributed by atoms with E-state index in [9.17, 15) is 9.59 Å². The van der Waals surface area contributed by atoms with Gasteiger partial charge in [-0.3, -0.25) is 14.5 Å². The number of carbonyl (C=O) groups is 2. The number of thioether (sulfide) groups is 1. The van der Waals surface area contributed by atoms with Crippen molar-refractivity contribution in [2.75, 3.05) is 6.61 Å². The second-order valence-electron chi connectivity index (χ2n) is 4.82. The molecule has 0 aliphatic carbocycles. The fourth-order valence-electron chi connectivity index (χ4n) is 1.95. The van der Waals surface area contributed by atoms with Crippen LogP contribution in [0.2, 0.25) is 0 Å². The van der Waals surface area contributed by atoms with Crippen molar-refractivity contribution in [2.24, 2.45) is 0 Å². The summed E-state index contributed by atoms with van der Waals surface area (Å²) in [4.78, 5) is 25.8. The van der Waals surface area contributed by atoms with E-state index in [2.05, 4.69) is 21.9 Å². The predicted molar refractivity (Wildman–Crippen MR) is 91.4 cm³/mol. The summed E-state index contributed by atoms with van der Waals surface area (Å²) in [7, 11) is 0. The smallest absolute Gasteiger partial charge is 0.293 e. The van der Waals surface area contributed by atoms with E-state index in [1.54, 1.807) is 26.0 Å². The molecule has 1 fully saturated rings. The first-order valence-corrected chi connectivity index (χ1v) is 8.18. The van der Waals surface area contributed by atoms with Crippen molar-refractivity contribution in [1.82, 2.24) is 4.90 Å². The first kappa shape index (κ1) is 16.7. The summed E-state index contributed by atoms with van der Waals surface area (Å²) in [6, 6.07) is 5.23. The fraction of sp³-hybridized carbons (Fsp3) is 0.250. The molecule has 1 heterocycles. The number of ether oxygens (including phenoxy) is 1. The van der Waals surface area contributed by atoms with Crippen LogP contribution >= 0.6 is 27.7 Å². The van der Waals surface area contributed by atoms with Gasteiger partial charge in [0.1, 0.15) is 12.4 Å². The molecule has 2 amide bonds. The van der Waals surface area contributed by atoms with Gasteiger partial charge in [-0.25, -0.2) is 0 Å². The number of terminal acetylenes is 1. The zero-order valence-electron chi connectivity index (χ0n) is 12.1. The van der Waals surface area contributed by atoms with Crippen molar-refractivity contribution < 1.29 is 14.3 Å². The van der Waals surface area contributed by atoms with Crippen LogP contribution in [0, 0.1) is 12.3 Å². The average Bonchev–Trinajstić information content (AvgIpc) is 2.72. The van der Waals surface area contributed by atoms with Crippen LogP contribution in [-0.4, -0.2) is 28.7 Å². The Bertz CT molecular complexity index is 691. The van der Waals surface area contributed by atoms with E-state index in [1.165, 1.54) is 4.90 Å². The summed E-state index contributed by atoms with van der Waals surface area (Å²) in [5.41, 5.74) is 0.693. The molecule has 2 rings (SSSR count). The molecular weight excluding hydrogens is 366 g/mol. The van der Waals surface area contributed by atoms with E-state index in [1.807, 2.05) is 12.1 Å². The lowest BCUT2D eigenvalue weighted by atomic mass is 10.2. The molecule has 0 unspecified atom stereocenters. The molecule has 0 saturated carbocycles. The van der Waals surface area contributed by atoms with E-state index in [4.69, 9.17) is 11.2 Å². The van der Waals surface area contributed by atoms with Crippen LogP contribution in [0.5, 0.6) is 5.75 Å². The highest BCUT2D eigenvalue weighted by atomic mass is 79.9. The van der Waals surface area contributed by atoms with Gasteiger partial charge in [0.15, 0.2) is 0 Å². The average molecular weight is 380 g/mol. The maximum atomic E-state index is 12.3. The van der Waals surface area contributed by atoms with Gasteiger partial charge in [0.2, 0.25) is 0 Å². The third-order valence-electron chi connectivity index (χ3n) is 2.91. The number of hydrogen-bond donors (Lipinski definition) is 0. The molecule has 0 aromatic heterocycles. The molecule has 1 aliphatic rings. The largest absolute Gasteiger partial charge is 0.480 e. The minimum atomic E-state index is -0.284. The lowest BCUT2D eigenvalue weighted by Gasteiger charge is -2.16. The highest BCUT2D eigenvalue weighted by Gasteiger charge is 2.36. The van der Waals surface area contributed by atoms with Gasteiger partial charge in [0.05, 0.1) is 4.91 Å². The van der Waals surface area contributed by atoms with Crippen LogP contribution in [0.15, 0.2) is 27.6 Å². The van der Waals surface area contributed by atoms with Gasteiger partial charge >= 0.3 is 0 Å². The van der Waals surface area contributed by atoms with E-state index in [0.717, 1.165) is 16.2 Å². The highest BCUT2D eigenvalue weighted by molar-refractivity contribution is 9.10. The Morgan fingerprint density at radius 2 is 2.18 bits per heavy atom. The Labute approximate surface area is 142 Å². The van der Waals surface area contributed by atoms with Crippen molar-refractivity contribution in [1.29, 1.82) is 0 Å². The topological polar surface area (TPSA) is 46.6 Å². The van der Waals surface area contributed by atoms with Crippen LogP contribution in [0.25, 0.3) is 6.08 Å². The molecule has 1 aromatic rings. The monoisotopic (exact) mass is 379 g/mol. The van der Waals surface area contributed by atoms with Gasteiger partial charge in [-0.05, 0) is 49.9 Å². The van der Waals surface area contributed by atoms with Crippen molar-refractivity contribution in [3.8, 4) is 18.1 Å². The first-order valence-electron chi connectivity index (χ1n) is 6.57. The van der Waals surface area contributed by atoms with Gasteiger partial charge < -0.3 is 4.74 Å². The normalized spacial score (nSPS) is 16.5. The van der Waals surface area contributed by atoms with Gasteiger partial charge in [-0.15, -0.1) is 6.42 Å². The maximum Gasteiger partial charge on any atom is 0.293 e. The number of hydrogen-bond acceptors (Lipinski definition) is 4. The number of carbonyl (C=O) groups excluding carboxylic acids is 2. The van der Waals surface area contributed by atoms with Crippen molar-refractivity contribution in [2.45, 2.75) is 19.9 Å². The third-order valence-corrected chi connectivity index (χ3v) is 4.29. The third kappa shape index (κ3) is 3.54. The van der Waals surface area contributed by atoms with Crippen molar-refractivity contribution in [3.05, 3.63) is 33.1 Å². The lowest BCUT2D eigenvalue weighted by molar-refractivity contribution is -0.123. The molecule has 114 valence electrons. The number of imide groups is 1. The number of amides is 2. The molecule has 0 N–H and O–H groups in total. The molecule has 1 saturated heterocycles. The lowest BCUT2D eigenvalue weighted by Crippen LogP contribution is -2.34. The summed E-state index contributed by atoms with van der Waals surface area (Å²) in [6.45, 7) is 3.75. The van der Waals surface area contributed by atoms with Gasteiger partial charge in [0.25, 0.3) is 11.1 Å². The molecule has 22 heavy (non-hydrogen) atoms. The van der Waals surface area contributed by atoms with Crippen LogP contribution in [-0.2, 0) is 4.79 Å². The van der Waals surface area contributed by atoms with Crippen molar-refractivity contribution in [3.63, 3.8) is 0 Å². The zero-order chi connectivity index (χ0) is 16.3. The second kappa shape index (κ2) is 7.03. The Kier molecular flexibility index (Phi) is 5.33. The summed E-state index contributed by atoms with van der Waals surface area (Å²) >= 11 is 4.31. The predicted octanol–water partition coefficient (Wildman–Crippen LogP) is 3.91. The molecule has 0 atom stereocenters. The maximum absolute atomic E-state index is 12.3. The zero-order valence-corrected chi connectivity index (χ0v) is 14.5. The Hall–Kier alpha value is -1.71. The number of rotatable bonds is 4. The Morgan fingerprint density at radius 1 is 1.45 bits per heavy atom. The number of benzene rings is 1. The molecule has 6 heteroatoms. The van der Waals surface area contributed by atoms with Gasteiger partial charge in [-0.2, -0.15) is 0 Å². The molecule has 1 aromatic carbocycles. The van der Waals surface area contributed by atoms with Crippen LogP contribution in [0.3, 0.4) is 0 Å². The number of nitrogens with zero attached hydrogens (tertiary/aromatic N) is 1. The highest BCUT2D eigenvalue weighted by Crippen LogP contribution is 2.35. The van der Waals surface area contributed by atoms with Gasteiger partial charge in [-0.1, -0.05) is 21.9 Å². The minimum Gasteiger partial charge on any atom is -0.480 e. The summed E-state index contributed by atoms with van der Waals surface area (Å²) in [5.74, 6) is 2.68. The van der Waals surface area contributed by atoms with Crippen LogP contribution in [0.1, 0.15) is 19.4 Å². The molecule has 1 aliphatic heterocycles. The van der Waals surface area contributed by atoms with Crippen LogP contribution in [0.4, 0.5) is 4.79 Å². The second-order valence-corrected chi connectivity index (χ2v) is 6.73. The summed E-state index contributed by atoms with van der Waals surface area (Å²) in [6.07, 6.45) is 6.86. The van der Waals surface area contributed by atoms with Crippen LogP contribution < -0.4 is 4.74 Å². The SMILES string of the molecule is C#CCOc1ccc(Br)cc1/C=C1\SC(=O)N(C(C)C)C1=O. The van der Waals surface area contributed by atoms with E-state index in [-0.39, 0.29) is 23.8 Å². The summed E-state index contributed by atoms with van der Waals surface area (Å²) in [5, 5.41) is -0.257. The quantitative estimate of drug-likeness (QED) is 0.587. The molecule has 4 nitrogen and oxygen atoms in total. The Balaban J connectivity index is 2.37. The van der Waals surface area contributed by atoms with E-state index >= 15 is 0 Å². The number of halogens is 1. The van der Waals surface area contributed by atoms with Crippen molar-refractivity contribution >= 4 is 44.9 Å². The molecular formula is C16H14BrNO3S.